The molecule has 130 valence electrons. The number of hydrogen-bond acceptors (Lipinski definition) is 3. The van der Waals surface area contributed by atoms with Gasteiger partial charge in [-0.25, -0.2) is 9.18 Å². The van der Waals surface area contributed by atoms with Crippen molar-refractivity contribution in [1.29, 1.82) is 5.26 Å². The fourth-order valence-corrected chi connectivity index (χ4v) is 2.31. The van der Waals surface area contributed by atoms with Crippen molar-refractivity contribution in [2.24, 2.45) is 0 Å². The highest BCUT2D eigenvalue weighted by Crippen LogP contribution is 2.23. The first kappa shape index (κ1) is 18.5. The van der Waals surface area contributed by atoms with Crippen LogP contribution in [0.25, 0.3) is 11.1 Å². The van der Waals surface area contributed by atoms with Crippen molar-refractivity contribution in [2.75, 3.05) is 6.54 Å². The average molecular weight is 340 g/mol. The molecule has 4 nitrogen and oxygen atoms in total. The van der Waals surface area contributed by atoms with Crippen molar-refractivity contribution < 1.29 is 13.9 Å². The normalized spacial score (nSPS) is 10.8. The molecule has 2 aromatic rings. The molecule has 0 radical (unpaired) electrons. The number of amides is 1. The number of ether oxygens (including phenoxy) is 1. The topological polar surface area (TPSA) is 62.1 Å². The zero-order valence-corrected chi connectivity index (χ0v) is 14.6. The summed E-state index contributed by atoms with van der Waals surface area (Å²) in [5.41, 5.74) is 2.08. The van der Waals surface area contributed by atoms with Crippen molar-refractivity contribution in [3.63, 3.8) is 0 Å². The Morgan fingerprint density at radius 1 is 1.20 bits per heavy atom. The molecule has 0 heterocycles. The van der Waals surface area contributed by atoms with Gasteiger partial charge in [-0.2, -0.15) is 5.26 Å². The molecule has 0 unspecified atom stereocenters. The Balaban J connectivity index is 2.01. The van der Waals surface area contributed by atoms with Crippen LogP contribution in [-0.4, -0.2) is 18.2 Å². The van der Waals surface area contributed by atoms with Crippen LogP contribution in [0.2, 0.25) is 0 Å². The van der Waals surface area contributed by atoms with Crippen LogP contribution in [0.5, 0.6) is 0 Å². The average Bonchev–Trinajstić information content (AvgIpc) is 2.53. The molecular weight excluding hydrogens is 319 g/mol. The standard InChI is InChI=1S/C20H21FN2O2/c1-20(2,3)25-19(24)23-10-9-14-5-4-6-15(11-14)16-7-8-17(13-22)18(21)12-16/h4-8,11-12H,9-10H2,1-3H3,(H,23,24). The number of halogens is 1. The molecule has 25 heavy (non-hydrogen) atoms. The molecule has 0 bridgehead atoms. The molecule has 2 rings (SSSR count). The fourth-order valence-electron chi connectivity index (χ4n) is 2.31. The van der Waals surface area contributed by atoms with Gasteiger partial charge in [0.15, 0.2) is 0 Å². The highest BCUT2D eigenvalue weighted by atomic mass is 19.1. The third-order valence-electron chi connectivity index (χ3n) is 3.43. The lowest BCUT2D eigenvalue weighted by atomic mass is 10.0. The van der Waals surface area contributed by atoms with Crippen LogP contribution in [0.4, 0.5) is 9.18 Å². The lowest BCUT2D eigenvalue weighted by Crippen LogP contribution is -2.33. The summed E-state index contributed by atoms with van der Waals surface area (Å²) in [5, 5.41) is 11.5. The summed E-state index contributed by atoms with van der Waals surface area (Å²) in [5.74, 6) is -0.531. The van der Waals surface area contributed by atoms with Crippen molar-refractivity contribution in [2.45, 2.75) is 32.8 Å². The first-order valence-corrected chi connectivity index (χ1v) is 8.04. The summed E-state index contributed by atoms with van der Waals surface area (Å²) in [6.45, 7) is 5.88. The summed E-state index contributed by atoms with van der Waals surface area (Å²) < 4.78 is 19.0. The molecule has 0 aliphatic rings. The molecule has 0 aliphatic carbocycles. The van der Waals surface area contributed by atoms with Crippen LogP contribution in [0.15, 0.2) is 42.5 Å². The van der Waals surface area contributed by atoms with Gasteiger partial charge in [0.2, 0.25) is 0 Å². The molecule has 0 aromatic heterocycles. The molecule has 0 atom stereocenters. The van der Waals surface area contributed by atoms with E-state index in [1.165, 1.54) is 12.1 Å². The Labute approximate surface area is 147 Å². The maximum absolute atomic E-state index is 13.8. The quantitative estimate of drug-likeness (QED) is 0.895. The fraction of sp³-hybridized carbons (Fsp3) is 0.300. The van der Waals surface area contributed by atoms with Crippen LogP contribution in [0, 0.1) is 17.1 Å². The van der Waals surface area contributed by atoms with E-state index >= 15 is 0 Å². The molecule has 0 fully saturated rings. The lowest BCUT2D eigenvalue weighted by Gasteiger charge is -2.19. The lowest BCUT2D eigenvalue weighted by molar-refractivity contribution is 0.0528. The number of alkyl carbamates (subject to hydrolysis) is 1. The van der Waals surface area contributed by atoms with Gasteiger partial charge in [-0.05, 0) is 56.0 Å². The van der Waals surface area contributed by atoms with Gasteiger partial charge in [-0.1, -0.05) is 30.3 Å². The number of nitrogens with zero attached hydrogens (tertiary/aromatic N) is 1. The molecular formula is C20H21FN2O2. The summed E-state index contributed by atoms with van der Waals surface area (Å²) in [6.07, 6.45) is 0.184. The summed E-state index contributed by atoms with van der Waals surface area (Å²) in [6, 6.07) is 14.0. The van der Waals surface area contributed by atoms with E-state index in [1.807, 2.05) is 51.1 Å². The third-order valence-corrected chi connectivity index (χ3v) is 3.43. The van der Waals surface area contributed by atoms with Crippen molar-refractivity contribution >= 4 is 6.09 Å². The minimum atomic E-state index is -0.531. The highest BCUT2D eigenvalue weighted by Gasteiger charge is 2.15. The smallest absolute Gasteiger partial charge is 0.407 e. The molecule has 5 heteroatoms. The number of benzene rings is 2. The second-order valence-electron chi connectivity index (χ2n) is 6.69. The minimum Gasteiger partial charge on any atom is -0.444 e. The summed E-state index contributed by atoms with van der Waals surface area (Å²) in [4.78, 5) is 11.6. The molecule has 0 saturated carbocycles. The predicted molar refractivity (Wildman–Crippen MR) is 94.5 cm³/mol. The van der Waals surface area contributed by atoms with Crippen LogP contribution >= 0.6 is 0 Å². The van der Waals surface area contributed by atoms with Gasteiger partial charge in [0.05, 0.1) is 5.56 Å². The Bertz CT molecular complexity index is 804. The second kappa shape index (κ2) is 7.80. The minimum absolute atomic E-state index is 0.0291. The molecule has 0 aliphatic heterocycles. The number of carbonyl (C=O) groups excluding carboxylic acids is 1. The predicted octanol–water partition coefficient (Wildman–Crippen LogP) is 4.43. The number of rotatable bonds is 4. The number of carbonyl (C=O) groups is 1. The third kappa shape index (κ3) is 5.61. The monoisotopic (exact) mass is 340 g/mol. The van der Waals surface area contributed by atoms with Crippen molar-refractivity contribution in [1.82, 2.24) is 5.32 Å². The van der Waals surface area contributed by atoms with E-state index in [9.17, 15) is 9.18 Å². The maximum atomic E-state index is 13.8. The van der Waals surface area contributed by atoms with E-state index in [0.29, 0.717) is 18.5 Å². The van der Waals surface area contributed by atoms with E-state index in [4.69, 9.17) is 10.00 Å². The Morgan fingerprint density at radius 2 is 1.92 bits per heavy atom. The first-order chi connectivity index (χ1) is 11.8. The van der Waals surface area contributed by atoms with Crippen LogP contribution < -0.4 is 5.32 Å². The first-order valence-electron chi connectivity index (χ1n) is 8.04. The Kier molecular flexibility index (Phi) is 5.76. The van der Waals surface area contributed by atoms with E-state index in [-0.39, 0.29) is 5.56 Å². The zero-order chi connectivity index (χ0) is 18.4. The van der Waals surface area contributed by atoms with Gasteiger partial charge in [-0.3, -0.25) is 0 Å². The van der Waals surface area contributed by atoms with Gasteiger partial charge in [0, 0.05) is 6.54 Å². The number of nitriles is 1. The molecule has 1 amide bonds. The molecule has 0 saturated heterocycles. The van der Waals surface area contributed by atoms with E-state index < -0.39 is 17.5 Å². The van der Waals surface area contributed by atoms with Crippen molar-refractivity contribution in [3.8, 4) is 17.2 Å². The maximum Gasteiger partial charge on any atom is 0.407 e. The van der Waals surface area contributed by atoms with Gasteiger partial charge < -0.3 is 10.1 Å². The van der Waals surface area contributed by atoms with E-state index in [1.54, 1.807) is 6.07 Å². The highest BCUT2D eigenvalue weighted by molar-refractivity contribution is 5.68. The summed E-state index contributed by atoms with van der Waals surface area (Å²) in [7, 11) is 0. The molecule has 2 aromatic carbocycles. The van der Waals surface area contributed by atoms with Crippen LogP contribution in [0.1, 0.15) is 31.9 Å². The molecule has 0 spiro atoms. The zero-order valence-electron chi connectivity index (χ0n) is 14.6. The molecule has 1 N–H and O–H groups in total. The Hall–Kier alpha value is -2.87. The van der Waals surface area contributed by atoms with Crippen LogP contribution in [-0.2, 0) is 11.2 Å². The second-order valence-corrected chi connectivity index (χ2v) is 6.69. The van der Waals surface area contributed by atoms with Gasteiger partial charge >= 0.3 is 6.09 Å². The Morgan fingerprint density at radius 3 is 2.56 bits per heavy atom. The van der Waals surface area contributed by atoms with Gasteiger partial charge in [0.1, 0.15) is 17.5 Å². The van der Waals surface area contributed by atoms with E-state index in [2.05, 4.69) is 5.32 Å². The number of hydrogen-bond donors (Lipinski definition) is 1. The largest absolute Gasteiger partial charge is 0.444 e. The number of nitrogens with one attached hydrogen (secondary N) is 1. The van der Waals surface area contributed by atoms with Crippen molar-refractivity contribution in [3.05, 3.63) is 59.4 Å². The van der Waals surface area contributed by atoms with E-state index in [0.717, 1.165) is 11.1 Å². The SMILES string of the molecule is CC(C)(C)OC(=O)NCCc1cccc(-c2ccc(C#N)c(F)c2)c1. The van der Waals surface area contributed by atoms with Gasteiger partial charge in [-0.15, -0.1) is 0 Å². The van der Waals surface area contributed by atoms with Crippen LogP contribution in [0.3, 0.4) is 0 Å². The van der Waals surface area contributed by atoms with Gasteiger partial charge in [0.25, 0.3) is 0 Å². The summed E-state index contributed by atoms with van der Waals surface area (Å²) >= 11 is 0.